The largest absolute Gasteiger partial charge is 0.444 e. The molecule has 1 N–H and O–H groups in total. The Balaban J connectivity index is 1.49. The van der Waals surface area contributed by atoms with Crippen LogP contribution in [-0.4, -0.2) is 69.2 Å². The summed E-state index contributed by atoms with van der Waals surface area (Å²) in [5.74, 6) is 1.45. The first kappa shape index (κ1) is 23.6. The number of carbonyl (C=O) groups is 2. The minimum Gasteiger partial charge on any atom is -0.444 e. The van der Waals surface area contributed by atoms with Gasteiger partial charge in [-0.05, 0) is 72.8 Å². The smallest absolute Gasteiger partial charge is 0.410 e. The Morgan fingerprint density at radius 1 is 1.23 bits per heavy atom. The summed E-state index contributed by atoms with van der Waals surface area (Å²) in [6, 6.07) is -0.0234. The van der Waals surface area contributed by atoms with Gasteiger partial charge < -0.3 is 14.6 Å². The molecule has 2 atom stereocenters. The number of rotatable bonds is 6. The first-order valence-corrected chi connectivity index (χ1v) is 11.7. The standard InChI is InChI=1S/C23H39N5O3/c1-17(2)27-13-10-24-20(27)16-26-11-6-8-18(15-26)14-25-21(29)19-9-7-12-28(19)22(30)31-23(3,4)5/h10,13,17-19H,6-9,11-12,14-16H2,1-5H3,(H,25,29)/t18-,19+/m1/s1. The quantitative estimate of drug-likeness (QED) is 0.745. The van der Waals surface area contributed by atoms with Crippen molar-refractivity contribution >= 4 is 12.0 Å². The van der Waals surface area contributed by atoms with Crippen molar-refractivity contribution in [3.8, 4) is 0 Å². The van der Waals surface area contributed by atoms with Gasteiger partial charge in [0.15, 0.2) is 0 Å². The zero-order chi connectivity index (χ0) is 22.6. The summed E-state index contributed by atoms with van der Waals surface area (Å²) >= 11 is 0. The van der Waals surface area contributed by atoms with E-state index in [0.29, 0.717) is 31.5 Å². The number of hydrogen-bond acceptors (Lipinski definition) is 5. The molecule has 0 bridgehead atoms. The molecule has 31 heavy (non-hydrogen) atoms. The van der Waals surface area contributed by atoms with Crippen LogP contribution in [0.3, 0.4) is 0 Å². The molecule has 2 aliphatic heterocycles. The van der Waals surface area contributed by atoms with Gasteiger partial charge in [0.05, 0.1) is 6.54 Å². The highest BCUT2D eigenvalue weighted by Crippen LogP contribution is 2.22. The first-order valence-electron chi connectivity index (χ1n) is 11.7. The highest BCUT2D eigenvalue weighted by molar-refractivity contribution is 5.86. The van der Waals surface area contributed by atoms with Crippen LogP contribution in [0.1, 0.15) is 72.2 Å². The summed E-state index contributed by atoms with van der Waals surface area (Å²) in [5.41, 5.74) is -0.559. The highest BCUT2D eigenvalue weighted by atomic mass is 16.6. The molecular formula is C23H39N5O3. The summed E-state index contributed by atoms with van der Waals surface area (Å²) in [5, 5.41) is 3.12. The molecule has 2 fully saturated rings. The third kappa shape index (κ3) is 6.45. The van der Waals surface area contributed by atoms with Gasteiger partial charge in [-0.15, -0.1) is 0 Å². The van der Waals surface area contributed by atoms with Crippen molar-refractivity contribution in [2.24, 2.45) is 5.92 Å². The maximum absolute atomic E-state index is 12.8. The normalized spacial score (nSPS) is 22.7. The number of ether oxygens (including phenoxy) is 1. The molecule has 8 nitrogen and oxygen atoms in total. The Bertz CT molecular complexity index is 755. The number of likely N-dealkylation sites (tertiary alicyclic amines) is 2. The van der Waals surface area contributed by atoms with E-state index >= 15 is 0 Å². The molecule has 0 aliphatic carbocycles. The molecule has 2 saturated heterocycles. The lowest BCUT2D eigenvalue weighted by atomic mass is 9.97. The summed E-state index contributed by atoms with van der Waals surface area (Å²) in [7, 11) is 0. The fraction of sp³-hybridized carbons (Fsp3) is 0.783. The molecule has 0 unspecified atom stereocenters. The van der Waals surface area contributed by atoms with Gasteiger partial charge in [-0.25, -0.2) is 9.78 Å². The summed E-state index contributed by atoms with van der Waals surface area (Å²) < 4.78 is 7.70. The second-order valence-electron chi connectivity index (χ2n) is 10.2. The van der Waals surface area contributed by atoms with Crippen LogP contribution in [0.5, 0.6) is 0 Å². The van der Waals surface area contributed by atoms with E-state index in [-0.39, 0.29) is 5.91 Å². The second kappa shape index (κ2) is 10.0. The molecule has 0 spiro atoms. The number of hydrogen-bond donors (Lipinski definition) is 1. The minimum atomic E-state index is -0.559. The van der Waals surface area contributed by atoms with Crippen molar-refractivity contribution in [1.29, 1.82) is 0 Å². The van der Waals surface area contributed by atoms with Crippen LogP contribution in [-0.2, 0) is 16.1 Å². The van der Waals surface area contributed by atoms with Crippen LogP contribution in [0, 0.1) is 5.92 Å². The third-order valence-electron chi connectivity index (χ3n) is 6.02. The van der Waals surface area contributed by atoms with E-state index in [4.69, 9.17) is 4.74 Å². The summed E-state index contributed by atoms with van der Waals surface area (Å²) in [6.07, 6.45) is 7.27. The van der Waals surface area contributed by atoms with E-state index in [2.05, 4.69) is 33.6 Å². The van der Waals surface area contributed by atoms with Crippen molar-refractivity contribution < 1.29 is 14.3 Å². The number of imidazole rings is 1. The average Bonchev–Trinajstić information content (AvgIpc) is 3.34. The Labute approximate surface area is 186 Å². The fourth-order valence-corrected chi connectivity index (χ4v) is 4.54. The molecule has 0 saturated carbocycles. The molecule has 1 aromatic rings. The maximum atomic E-state index is 12.8. The molecule has 2 aliphatic rings. The van der Waals surface area contributed by atoms with Crippen molar-refractivity contribution in [3.05, 3.63) is 18.2 Å². The lowest BCUT2D eigenvalue weighted by Crippen LogP contribution is -2.49. The predicted molar refractivity (Wildman–Crippen MR) is 120 cm³/mol. The topological polar surface area (TPSA) is 79.7 Å². The maximum Gasteiger partial charge on any atom is 0.410 e. The van der Waals surface area contributed by atoms with Crippen molar-refractivity contribution in [3.63, 3.8) is 0 Å². The van der Waals surface area contributed by atoms with Crippen molar-refractivity contribution in [2.75, 3.05) is 26.2 Å². The van der Waals surface area contributed by atoms with Crippen LogP contribution in [0.2, 0.25) is 0 Å². The Kier molecular flexibility index (Phi) is 7.62. The van der Waals surface area contributed by atoms with Gasteiger partial charge in [-0.1, -0.05) is 0 Å². The molecule has 8 heteroatoms. The first-order chi connectivity index (χ1) is 14.6. The molecule has 3 heterocycles. The number of carbonyl (C=O) groups excluding carboxylic acids is 2. The fourth-order valence-electron chi connectivity index (χ4n) is 4.54. The van der Waals surface area contributed by atoms with Crippen LogP contribution in [0.4, 0.5) is 4.79 Å². The minimum absolute atomic E-state index is 0.0594. The van der Waals surface area contributed by atoms with E-state index in [9.17, 15) is 9.59 Å². The zero-order valence-electron chi connectivity index (χ0n) is 19.8. The molecule has 0 aromatic carbocycles. The molecule has 174 valence electrons. The van der Waals surface area contributed by atoms with Gasteiger partial charge in [-0.2, -0.15) is 0 Å². The van der Waals surface area contributed by atoms with E-state index in [1.165, 1.54) is 0 Å². The van der Waals surface area contributed by atoms with Gasteiger partial charge in [0.1, 0.15) is 17.5 Å². The zero-order valence-corrected chi connectivity index (χ0v) is 19.8. The molecule has 0 radical (unpaired) electrons. The third-order valence-corrected chi connectivity index (χ3v) is 6.02. The van der Waals surface area contributed by atoms with Crippen molar-refractivity contribution in [2.45, 2.75) is 84.5 Å². The highest BCUT2D eigenvalue weighted by Gasteiger charge is 2.36. The van der Waals surface area contributed by atoms with Gasteiger partial charge >= 0.3 is 6.09 Å². The van der Waals surface area contributed by atoms with Crippen LogP contribution in [0.25, 0.3) is 0 Å². The second-order valence-corrected chi connectivity index (χ2v) is 10.2. The van der Waals surface area contributed by atoms with Crippen LogP contribution >= 0.6 is 0 Å². The SMILES string of the molecule is CC(C)n1ccnc1CN1CCC[C@H](CNC(=O)[C@@H]2CCCN2C(=O)OC(C)(C)C)C1. The van der Waals surface area contributed by atoms with E-state index in [1.807, 2.05) is 33.2 Å². The van der Waals surface area contributed by atoms with Gasteiger partial charge in [0, 0.05) is 38.1 Å². The molecule has 1 aromatic heterocycles. The number of amides is 2. The number of aromatic nitrogens is 2. The Morgan fingerprint density at radius 3 is 2.68 bits per heavy atom. The predicted octanol–water partition coefficient (Wildman–Crippen LogP) is 3.19. The van der Waals surface area contributed by atoms with E-state index < -0.39 is 17.7 Å². The van der Waals surface area contributed by atoms with Gasteiger partial charge in [0.25, 0.3) is 0 Å². The number of nitrogens with one attached hydrogen (secondary N) is 1. The van der Waals surface area contributed by atoms with Crippen LogP contribution < -0.4 is 5.32 Å². The monoisotopic (exact) mass is 433 g/mol. The van der Waals surface area contributed by atoms with Crippen LogP contribution in [0.15, 0.2) is 12.4 Å². The summed E-state index contributed by atoms with van der Waals surface area (Å²) in [6.45, 7) is 13.9. The Morgan fingerprint density at radius 2 is 1.97 bits per heavy atom. The van der Waals surface area contributed by atoms with E-state index in [1.54, 1.807) is 4.90 Å². The molecule has 3 rings (SSSR count). The number of nitrogens with zero attached hydrogens (tertiary/aromatic N) is 4. The lowest BCUT2D eigenvalue weighted by molar-refractivity contribution is -0.125. The van der Waals surface area contributed by atoms with E-state index in [0.717, 1.165) is 44.7 Å². The average molecular weight is 434 g/mol. The summed E-state index contributed by atoms with van der Waals surface area (Å²) in [4.78, 5) is 33.9. The number of piperidine rings is 1. The van der Waals surface area contributed by atoms with Gasteiger partial charge in [-0.3, -0.25) is 14.6 Å². The van der Waals surface area contributed by atoms with Crippen molar-refractivity contribution in [1.82, 2.24) is 24.7 Å². The molecular weight excluding hydrogens is 394 g/mol. The Hall–Kier alpha value is -2.09. The lowest BCUT2D eigenvalue weighted by Gasteiger charge is -2.33. The van der Waals surface area contributed by atoms with Gasteiger partial charge in [0.2, 0.25) is 5.91 Å². The molecule has 2 amide bonds.